The molecule has 0 fully saturated rings. The molecule has 0 aliphatic heterocycles. The van der Waals surface area contributed by atoms with Crippen molar-refractivity contribution in [1.29, 1.82) is 0 Å². The Morgan fingerprint density at radius 3 is 2.72 bits per heavy atom. The van der Waals surface area contributed by atoms with E-state index in [4.69, 9.17) is 11.6 Å². The summed E-state index contributed by atoms with van der Waals surface area (Å²) in [4.78, 5) is 28.2. The number of benzene rings is 2. The summed E-state index contributed by atoms with van der Waals surface area (Å²) in [5, 5.41) is 4.90. The van der Waals surface area contributed by atoms with Gasteiger partial charge in [-0.2, -0.15) is 0 Å². The molecule has 2 aromatic carbocycles. The predicted octanol–water partition coefficient (Wildman–Crippen LogP) is 4.94. The lowest BCUT2D eigenvalue weighted by Gasteiger charge is -2.07. The number of nitrogens with one attached hydrogen (secondary N) is 1. The molecule has 0 unspecified atom stereocenters. The largest absolute Gasteiger partial charge is 0.322 e. The van der Waals surface area contributed by atoms with Gasteiger partial charge < -0.3 is 5.32 Å². The molecule has 1 N–H and O–H groups in total. The quantitative estimate of drug-likeness (QED) is 0.512. The van der Waals surface area contributed by atoms with Gasteiger partial charge in [0.25, 0.3) is 5.91 Å². The fourth-order valence-electron chi connectivity index (χ4n) is 2.16. The Morgan fingerprint density at radius 1 is 1.12 bits per heavy atom. The van der Waals surface area contributed by atoms with E-state index in [0.29, 0.717) is 22.0 Å². The number of thiazole rings is 1. The summed E-state index contributed by atoms with van der Waals surface area (Å²) in [6, 6.07) is 14.0. The van der Waals surface area contributed by atoms with E-state index in [1.807, 2.05) is 6.07 Å². The molecule has 1 aromatic heterocycles. The van der Waals surface area contributed by atoms with Gasteiger partial charge in [-0.1, -0.05) is 41.9 Å². The van der Waals surface area contributed by atoms with E-state index in [9.17, 15) is 9.59 Å². The molecule has 0 spiro atoms. The van der Waals surface area contributed by atoms with Gasteiger partial charge in [0, 0.05) is 11.1 Å². The maximum atomic E-state index is 12.3. The van der Waals surface area contributed by atoms with Crippen LogP contribution in [0.3, 0.4) is 0 Å². The fourth-order valence-corrected chi connectivity index (χ4v) is 2.92. The van der Waals surface area contributed by atoms with E-state index >= 15 is 0 Å². The standard InChI is InChI=1S/C19H13ClN2O2S/c20-16-7-2-1-6-15(16)19(24)22-14-5-3-4-13(10-14)8-9-18(23)17-11-25-12-21-17/h1-12H,(H,22,24)/b9-8+. The van der Waals surface area contributed by atoms with Gasteiger partial charge in [0.15, 0.2) is 0 Å². The lowest BCUT2D eigenvalue weighted by atomic mass is 10.1. The minimum absolute atomic E-state index is 0.160. The van der Waals surface area contributed by atoms with Crippen LogP contribution in [0.5, 0.6) is 0 Å². The van der Waals surface area contributed by atoms with Crippen LogP contribution < -0.4 is 5.32 Å². The zero-order valence-corrected chi connectivity index (χ0v) is 14.6. The first-order valence-electron chi connectivity index (χ1n) is 7.40. The van der Waals surface area contributed by atoms with E-state index in [1.165, 1.54) is 17.4 Å². The Hall–Kier alpha value is -2.76. The molecular weight excluding hydrogens is 356 g/mol. The zero-order valence-electron chi connectivity index (χ0n) is 13.0. The monoisotopic (exact) mass is 368 g/mol. The first kappa shape index (κ1) is 17.1. The number of amides is 1. The lowest BCUT2D eigenvalue weighted by molar-refractivity contribution is 0.102. The van der Waals surface area contributed by atoms with Crippen LogP contribution in [0, 0.1) is 0 Å². The van der Waals surface area contributed by atoms with Gasteiger partial charge in [-0.3, -0.25) is 9.59 Å². The molecule has 124 valence electrons. The molecule has 6 heteroatoms. The van der Waals surface area contributed by atoms with E-state index in [0.717, 1.165) is 5.56 Å². The van der Waals surface area contributed by atoms with Gasteiger partial charge >= 0.3 is 0 Å². The molecule has 0 saturated carbocycles. The van der Waals surface area contributed by atoms with Crippen molar-refractivity contribution in [2.24, 2.45) is 0 Å². The zero-order chi connectivity index (χ0) is 17.6. The summed E-state index contributed by atoms with van der Waals surface area (Å²) in [5.74, 6) is -0.447. The van der Waals surface area contributed by atoms with Crippen LogP contribution in [0.15, 0.2) is 65.5 Å². The van der Waals surface area contributed by atoms with Crippen LogP contribution in [0.25, 0.3) is 6.08 Å². The molecule has 0 atom stereocenters. The van der Waals surface area contributed by atoms with Crippen LogP contribution in [-0.2, 0) is 0 Å². The van der Waals surface area contributed by atoms with Crippen molar-refractivity contribution in [2.75, 3.05) is 5.32 Å². The first-order valence-corrected chi connectivity index (χ1v) is 8.72. The Morgan fingerprint density at radius 2 is 1.96 bits per heavy atom. The molecule has 3 rings (SSSR count). The Kier molecular flexibility index (Phi) is 5.38. The number of allylic oxidation sites excluding steroid dienone is 1. The minimum atomic E-state index is -0.287. The maximum Gasteiger partial charge on any atom is 0.257 e. The SMILES string of the molecule is O=C(/C=C/c1cccc(NC(=O)c2ccccc2Cl)c1)c1cscn1. The summed E-state index contributed by atoms with van der Waals surface area (Å²) in [6.45, 7) is 0. The molecule has 4 nitrogen and oxygen atoms in total. The summed E-state index contributed by atoms with van der Waals surface area (Å²) in [5.41, 5.74) is 3.85. The van der Waals surface area contributed by atoms with E-state index in [-0.39, 0.29) is 11.7 Å². The Labute approximate surface area is 153 Å². The van der Waals surface area contributed by atoms with Gasteiger partial charge in [0.2, 0.25) is 5.78 Å². The van der Waals surface area contributed by atoms with Crippen molar-refractivity contribution >= 4 is 46.4 Å². The van der Waals surface area contributed by atoms with Gasteiger partial charge in [0.05, 0.1) is 16.1 Å². The van der Waals surface area contributed by atoms with Crippen molar-refractivity contribution in [3.63, 3.8) is 0 Å². The van der Waals surface area contributed by atoms with Crippen LogP contribution in [0.4, 0.5) is 5.69 Å². The second kappa shape index (κ2) is 7.88. The van der Waals surface area contributed by atoms with Crippen molar-refractivity contribution in [3.05, 3.63) is 87.3 Å². The molecule has 0 radical (unpaired) electrons. The van der Waals surface area contributed by atoms with Crippen molar-refractivity contribution in [1.82, 2.24) is 4.98 Å². The van der Waals surface area contributed by atoms with Gasteiger partial charge in [-0.25, -0.2) is 4.98 Å². The molecule has 1 amide bonds. The fraction of sp³-hybridized carbons (Fsp3) is 0. The number of nitrogens with zero attached hydrogens (tertiary/aromatic N) is 1. The third-order valence-corrected chi connectivity index (χ3v) is 4.29. The van der Waals surface area contributed by atoms with Gasteiger partial charge in [-0.05, 0) is 35.9 Å². The van der Waals surface area contributed by atoms with Crippen LogP contribution >= 0.6 is 22.9 Å². The number of rotatable bonds is 5. The summed E-state index contributed by atoms with van der Waals surface area (Å²) < 4.78 is 0. The molecule has 0 aliphatic rings. The van der Waals surface area contributed by atoms with Crippen LogP contribution in [0.1, 0.15) is 26.4 Å². The molecule has 3 aromatic rings. The molecule has 0 saturated heterocycles. The highest BCUT2D eigenvalue weighted by Gasteiger charge is 2.09. The topological polar surface area (TPSA) is 59.1 Å². The number of carbonyl (C=O) groups excluding carboxylic acids is 2. The molecular formula is C19H13ClN2O2S. The second-order valence-corrected chi connectivity index (χ2v) is 6.26. The number of aromatic nitrogens is 1. The highest BCUT2D eigenvalue weighted by Crippen LogP contribution is 2.18. The minimum Gasteiger partial charge on any atom is -0.322 e. The summed E-state index contributed by atoms with van der Waals surface area (Å²) in [7, 11) is 0. The first-order chi connectivity index (χ1) is 12.1. The van der Waals surface area contributed by atoms with Crippen LogP contribution in [-0.4, -0.2) is 16.7 Å². The number of ketones is 1. The lowest BCUT2D eigenvalue weighted by Crippen LogP contribution is -2.12. The normalized spacial score (nSPS) is 10.8. The number of anilines is 1. The molecule has 0 aliphatic carbocycles. The number of hydrogen-bond donors (Lipinski definition) is 1. The summed E-state index contributed by atoms with van der Waals surface area (Å²) in [6.07, 6.45) is 3.15. The highest BCUT2D eigenvalue weighted by molar-refractivity contribution is 7.07. The predicted molar refractivity (Wildman–Crippen MR) is 101 cm³/mol. The van der Waals surface area contributed by atoms with E-state index in [1.54, 1.807) is 59.4 Å². The third-order valence-electron chi connectivity index (χ3n) is 3.37. The highest BCUT2D eigenvalue weighted by atomic mass is 35.5. The number of carbonyl (C=O) groups is 2. The molecule has 0 bridgehead atoms. The Bertz CT molecular complexity index is 936. The van der Waals surface area contributed by atoms with Crippen molar-refractivity contribution in [2.45, 2.75) is 0 Å². The number of hydrogen-bond acceptors (Lipinski definition) is 4. The third kappa shape index (κ3) is 4.41. The Balaban J connectivity index is 1.72. The van der Waals surface area contributed by atoms with Crippen molar-refractivity contribution in [3.8, 4) is 0 Å². The molecule has 25 heavy (non-hydrogen) atoms. The van der Waals surface area contributed by atoms with Gasteiger partial charge in [0.1, 0.15) is 5.69 Å². The average molecular weight is 369 g/mol. The van der Waals surface area contributed by atoms with Crippen LogP contribution in [0.2, 0.25) is 5.02 Å². The van der Waals surface area contributed by atoms with E-state index in [2.05, 4.69) is 10.3 Å². The van der Waals surface area contributed by atoms with E-state index < -0.39 is 0 Å². The molecule has 1 heterocycles. The van der Waals surface area contributed by atoms with Crippen molar-refractivity contribution < 1.29 is 9.59 Å². The summed E-state index contributed by atoms with van der Waals surface area (Å²) >= 11 is 7.41. The van der Waals surface area contributed by atoms with Gasteiger partial charge in [-0.15, -0.1) is 11.3 Å². The number of halogens is 1. The maximum absolute atomic E-state index is 12.3. The average Bonchev–Trinajstić information content (AvgIpc) is 3.15. The smallest absolute Gasteiger partial charge is 0.257 e. The second-order valence-electron chi connectivity index (χ2n) is 5.13.